The van der Waals surface area contributed by atoms with Gasteiger partial charge in [-0.25, -0.2) is 0 Å². The molecule has 2 N–H and O–H groups in total. The molecule has 0 saturated carbocycles. The minimum atomic E-state index is -1.28. The van der Waals surface area contributed by atoms with Crippen molar-refractivity contribution in [3.05, 3.63) is 84.4 Å². The number of hydrogen-bond donors (Lipinski definition) is 2. The molecule has 0 fully saturated rings. The predicted octanol–water partition coefficient (Wildman–Crippen LogP) is 4.03. The average molecular weight is 333 g/mol. The molecule has 4 nitrogen and oxygen atoms in total. The molecular weight excluding hydrogens is 314 g/mol. The number of para-hydroxylation sites is 1. The van der Waals surface area contributed by atoms with Crippen LogP contribution in [0.2, 0.25) is 0 Å². The van der Waals surface area contributed by atoms with E-state index in [1.807, 2.05) is 54.6 Å². The van der Waals surface area contributed by atoms with Gasteiger partial charge in [-0.3, -0.25) is 4.79 Å². The number of benzene rings is 3. The number of aliphatic hydroxyl groups is 1. The first-order chi connectivity index (χ1) is 12.2. The second-order valence-electron chi connectivity index (χ2n) is 5.58. The van der Waals surface area contributed by atoms with Gasteiger partial charge in [0.2, 0.25) is 0 Å². The summed E-state index contributed by atoms with van der Waals surface area (Å²) in [5.41, 5.74) is 3.03. The molecule has 0 aromatic heterocycles. The first kappa shape index (κ1) is 16.7. The molecule has 25 heavy (non-hydrogen) atoms. The Morgan fingerprint density at radius 3 is 2.44 bits per heavy atom. The van der Waals surface area contributed by atoms with Crippen LogP contribution in [0.15, 0.2) is 78.9 Å². The van der Waals surface area contributed by atoms with E-state index in [2.05, 4.69) is 5.32 Å². The highest BCUT2D eigenvalue weighted by Crippen LogP contribution is 2.28. The molecule has 0 aliphatic carbocycles. The second-order valence-corrected chi connectivity index (χ2v) is 5.58. The summed E-state index contributed by atoms with van der Waals surface area (Å²) in [6, 6.07) is 24.1. The highest BCUT2D eigenvalue weighted by molar-refractivity contribution is 5.98. The Hall–Kier alpha value is -3.11. The summed E-state index contributed by atoms with van der Waals surface area (Å²) in [5, 5.41) is 13.2. The molecule has 1 amide bonds. The van der Waals surface area contributed by atoms with Crippen molar-refractivity contribution in [2.24, 2.45) is 0 Å². The normalized spacial score (nSPS) is 11.6. The quantitative estimate of drug-likeness (QED) is 0.741. The summed E-state index contributed by atoms with van der Waals surface area (Å²) in [7, 11) is 1.54. The van der Waals surface area contributed by atoms with Gasteiger partial charge in [-0.15, -0.1) is 0 Å². The molecule has 126 valence electrons. The minimum Gasteiger partial charge on any atom is -0.497 e. The van der Waals surface area contributed by atoms with Gasteiger partial charge in [-0.2, -0.15) is 0 Å². The number of nitrogens with one attached hydrogen (secondary N) is 1. The number of aliphatic hydroxyl groups excluding tert-OH is 1. The Morgan fingerprint density at radius 2 is 1.68 bits per heavy atom. The third-order valence-corrected chi connectivity index (χ3v) is 3.93. The van der Waals surface area contributed by atoms with Crippen molar-refractivity contribution in [2.45, 2.75) is 6.10 Å². The summed E-state index contributed by atoms with van der Waals surface area (Å²) >= 11 is 0. The van der Waals surface area contributed by atoms with Crippen molar-refractivity contribution in [2.75, 3.05) is 12.4 Å². The predicted molar refractivity (Wildman–Crippen MR) is 98.5 cm³/mol. The van der Waals surface area contributed by atoms with Gasteiger partial charge in [-0.05, 0) is 29.3 Å². The Labute approximate surface area is 146 Å². The summed E-state index contributed by atoms with van der Waals surface area (Å²) in [6.07, 6.45) is -1.28. The number of carbonyl (C=O) groups excluding carboxylic acids is 1. The van der Waals surface area contributed by atoms with Gasteiger partial charge in [0.1, 0.15) is 5.75 Å². The zero-order valence-electron chi connectivity index (χ0n) is 13.8. The van der Waals surface area contributed by atoms with Gasteiger partial charge in [0.15, 0.2) is 6.10 Å². The van der Waals surface area contributed by atoms with Crippen LogP contribution in [0.5, 0.6) is 5.75 Å². The SMILES string of the molecule is COc1cccc(C(O)C(=O)Nc2ccccc2-c2ccccc2)c1. The van der Waals surface area contributed by atoms with Crippen molar-refractivity contribution in [3.63, 3.8) is 0 Å². The fraction of sp³-hybridized carbons (Fsp3) is 0.0952. The first-order valence-corrected chi connectivity index (χ1v) is 7.96. The zero-order chi connectivity index (χ0) is 17.6. The van der Waals surface area contributed by atoms with E-state index in [0.717, 1.165) is 11.1 Å². The Balaban J connectivity index is 1.84. The number of methoxy groups -OCH3 is 1. The van der Waals surface area contributed by atoms with Crippen LogP contribution in [0, 0.1) is 0 Å². The lowest BCUT2D eigenvalue weighted by Gasteiger charge is -2.15. The molecular formula is C21H19NO3. The molecule has 0 heterocycles. The van der Waals surface area contributed by atoms with Crippen molar-refractivity contribution in [3.8, 4) is 16.9 Å². The van der Waals surface area contributed by atoms with E-state index < -0.39 is 12.0 Å². The lowest BCUT2D eigenvalue weighted by molar-refractivity contribution is -0.124. The van der Waals surface area contributed by atoms with Crippen LogP contribution >= 0.6 is 0 Å². The van der Waals surface area contributed by atoms with Crippen molar-refractivity contribution in [1.29, 1.82) is 0 Å². The maximum absolute atomic E-state index is 12.5. The van der Waals surface area contributed by atoms with Gasteiger partial charge < -0.3 is 15.2 Å². The van der Waals surface area contributed by atoms with Crippen LogP contribution in [-0.4, -0.2) is 18.1 Å². The molecule has 0 spiro atoms. The van der Waals surface area contributed by atoms with Crippen LogP contribution < -0.4 is 10.1 Å². The molecule has 1 unspecified atom stereocenters. The van der Waals surface area contributed by atoms with E-state index >= 15 is 0 Å². The summed E-state index contributed by atoms with van der Waals surface area (Å²) in [5.74, 6) is 0.102. The van der Waals surface area contributed by atoms with Crippen LogP contribution in [0.4, 0.5) is 5.69 Å². The zero-order valence-corrected chi connectivity index (χ0v) is 13.8. The van der Waals surface area contributed by atoms with Crippen molar-refractivity contribution in [1.82, 2.24) is 0 Å². The fourth-order valence-corrected chi connectivity index (χ4v) is 2.63. The number of carbonyl (C=O) groups is 1. The fourth-order valence-electron chi connectivity index (χ4n) is 2.63. The van der Waals surface area contributed by atoms with Crippen molar-refractivity contribution >= 4 is 11.6 Å². The van der Waals surface area contributed by atoms with Gasteiger partial charge >= 0.3 is 0 Å². The molecule has 3 rings (SSSR count). The van der Waals surface area contributed by atoms with Gasteiger partial charge in [-0.1, -0.05) is 60.7 Å². The van der Waals surface area contributed by atoms with E-state index in [9.17, 15) is 9.90 Å². The largest absolute Gasteiger partial charge is 0.497 e. The van der Waals surface area contributed by atoms with Gasteiger partial charge in [0.05, 0.1) is 7.11 Å². The van der Waals surface area contributed by atoms with Crippen LogP contribution in [-0.2, 0) is 4.79 Å². The van der Waals surface area contributed by atoms with E-state index in [1.165, 1.54) is 0 Å². The van der Waals surface area contributed by atoms with E-state index in [-0.39, 0.29) is 0 Å². The van der Waals surface area contributed by atoms with Crippen molar-refractivity contribution < 1.29 is 14.6 Å². The van der Waals surface area contributed by atoms with Crippen LogP contribution in [0.25, 0.3) is 11.1 Å². The maximum atomic E-state index is 12.5. The van der Waals surface area contributed by atoms with Gasteiger partial charge in [0, 0.05) is 11.3 Å². The average Bonchev–Trinajstić information content (AvgIpc) is 2.68. The van der Waals surface area contributed by atoms with E-state index in [1.54, 1.807) is 31.4 Å². The molecule has 0 aliphatic rings. The third-order valence-electron chi connectivity index (χ3n) is 3.93. The first-order valence-electron chi connectivity index (χ1n) is 7.96. The smallest absolute Gasteiger partial charge is 0.257 e. The van der Waals surface area contributed by atoms with Gasteiger partial charge in [0.25, 0.3) is 5.91 Å². The number of amides is 1. The highest BCUT2D eigenvalue weighted by Gasteiger charge is 2.19. The minimum absolute atomic E-state index is 0.481. The lowest BCUT2D eigenvalue weighted by Crippen LogP contribution is -2.21. The second kappa shape index (κ2) is 7.64. The summed E-state index contributed by atoms with van der Waals surface area (Å²) in [6.45, 7) is 0. The highest BCUT2D eigenvalue weighted by atomic mass is 16.5. The summed E-state index contributed by atoms with van der Waals surface area (Å²) < 4.78 is 5.14. The molecule has 0 bridgehead atoms. The Morgan fingerprint density at radius 1 is 0.960 bits per heavy atom. The van der Waals surface area contributed by atoms with Crippen LogP contribution in [0.1, 0.15) is 11.7 Å². The van der Waals surface area contributed by atoms with E-state index in [0.29, 0.717) is 17.0 Å². The number of hydrogen-bond acceptors (Lipinski definition) is 3. The lowest BCUT2D eigenvalue weighted by atomic mass is 10.0. The number of rotatable bonds is 5. The number of ether oxygens (including phenoxy) is 1. The molecule has 0 saturated heterocycles. The Bertz CT molecular complexity index is 862. The topological polar surface area (TPSA) is 58.6 Å². The Kier molecular flexibility index (Phi) is 5.11. The summed E-state index contributed by atoms with van der Waals surface area (Å²) in [4.78, 5) is 12.5. The maximum Gasteiger partial charge on any atom is 0.257 e. The molecule has 4 heteroatoms. The molecule has 0 radical (unpaired) electrons. The molecule has 0 aliphatic heterocycles. The molecule has 3 aromatic carbocycles. The van der Waals surface area contributed by atoms with Crippen LogP contribution in [0.3, 0.4) is 0 Å². The van der Waals surface area contributed by atoms with E-state index in [4.69, 9.17) is 4.74 Å². The monoisotopic (exact) mass is 333 g/mol. The molecule has 3 aromatic rings. The third kappa shape index (κ3) is 3.87. The standard InChI is InChI=1S/C21H19NO3/c1-25-17-11-7-10-16(14-17)20(23)21(24)22-19-13-6-5-12-18(19)15-8-3-2-4-9-15/h2-14,20,23H,1H3,(H,22,24). The number of anilines is 1. The molecule has 1 atom stereocenters.